The number of carbonyl (C=O) groups is 11. The van der Waals surface area contributed by atoms with Crippen LogP contribution < -0.4 is 59.3 Å². The third kappa shape index (κ3) is 22.0. The largest absolute Gasteiger partial charge is 0.481 e. The van der Waals surface area contributed by atoms with Crippen LogP contribution in [0.2, 0.25) is 0 Å². The molecule has 0 aromatic carbocycles. The maximum Gasteiger partial charge on any atom is 0.303 e. The molecule has 0 aliphatic carbocycles. The van der Waals surface area contributed by atoms with Gasteiger partial charge in [-0.25, -0.2) is 0 Å². The van der Waals surface area contributed by atoms with E-state index in [9.17, 15) is 57.8 Å². The van der Waals surface area contributed by atoms with Crippen LogP contribution in [0, 0.1) is 11.8 Å². The van der Waals surface area contributed by atoms with Gasteiger partial charge in [-0.3, -0.25) is 58.1 Å². The minimum Gasteiger partial charge on any atom is -0.481 e. The molecule has 374 valence electrons. The van der Waals surface area contributed by atoms with Crippen LogP contribution >= 0.6 is 0 Å². The third-order valence-corrected chi connectivity index (χ3v) is 10.9. The SMILES string of the molecule is CC[C@H](C)[C@@H]1NC(=O)CNC(=O)[C@H]([C@@H](C)O)NC(=O)[C@@H](NC(=O)[C@H](CCCCN)NC(=O)[C@@H](NCC(C)=O)C(C)C)CCC(=O)NCCCC[C@@H](C(=O)N[C@@H](CCC(=O)O)C(N)=O)NC1=O. The highest BCUT2D eigenvalue weighted by Crippen LogP contribution is 2.12. The Labute approximate surface area is 385 Å². The molecule has 0 spiro atoms. The number of Topliss-reactive ketones (excluding diaryl/α,β-unsaturated/α-hetero) is 1. The van der Waals surface area contributed by atoms with Crippen LogP contribution in [0.5, 0.6) is 0 Å². The third-order valence-electron chi connectivity index (χ3n) is 10.9. The quantitative estimate of drug-likeness (QED) is 0.0491. The number of nitrogens with one attached hydrogen (secondary N) is 9. The van der Waals surface area contributed by atoms with Gasteiger partial charge in [0, 0.05) is 19.4 Å². The summed E-state index contributed by atoms with van der Waals surface area (Å²) < 4.78 is 0. The molecule has 1 saturated heterocycles. The van der Waals surface area contributed by atoms with E-state index in [1.165, 1.54) is 13.8 Å². The van der Waals surface area contributed by atoms with Crippen molar-refractivity contribution in [2.75, 3.05) is 26.2 Å². The highest BCUT2D eigenvalue weighted by atomic mass is 16.4. The molecule has 9 amide bonds. The highest BCUT2D eigenvalue weighted by molar-refractivity contribution is 5.97. The molecule has 1 rings (SSSR count). The normalized spacial score (nSPS) is 21.9. The molecule has 0 radical (unpaired) electrons. The first kappa shape index (κ1) is 58.3. The number of hydrogen-bond acceptors (Lipinski definition) is 14. The van der Waals surface area contributed by atoms with Gasteiger partial charge in [0.2, 0.25) is 53.2 Å². The summed E-state index contributed by atoms with van der Waals surface area (Å²) in [7, 11) is 0. The number of carbonyl (C=O) groups excluding carboxylic acids is 10. The molecule has 15 N–H and O–H groups in total. The summed E-state index contributed by atoms with van der Waals surface area (Å²) >= 11 is 0. The molecular formula is C42H73N11O13. The van der Waals surface area contributed by atoms with Crippen LogP contribution in [0.1, 0.15) is 112 Å². The Morgan fingerprint density at radius 2 is 1.47 bits per heavy atom. The van der Waals surface area contributed by atoms with Crippen molar-refractivity contribution in [1.29, 1.82) is 0 Å². The van der Waals surface area contributed by atoms with E-state index < -0.39 is 126 Å². The summed E-state index contributed by atoms with van der Waals surface area (Å²) in [5.41, 5.74) is 11.1. The standard InChI is InChI=1S/C42H73N11O13/c1-7-23(4)34-42(66)51-28(37(61)48-26(36(44)60)15-17-32(58)59)13-9-11-19-45-30(56)16-14-29(39(63)53-35(25(6)55)40(64)47-21-31(57)52-34)49-38(62)27(12-8-10-18-43)50-41(65)33(22(2)3)46-20-24(5)54/h22-23,25-29,33-35,46,55H,7-21,43H2,1-6H3,(H2,44,60)(H,45,56)(H,47,64)(H,48,61)(H,49,62)(H,50,65)(H,51,66)(H,52,57)(H,53,63)(H,58,59)/t23-,25+,26-,27-,28-,29-,33-,34-,35-/m0/s1. The molecule has 1 heterocycles. The number of unbranched alkanes of at least 4 members (excludes halogenated alkanes) is 1. The van der Waals surface area contributed by atoms with Crippen molar-refractivity contribution in [2.45, 2.75) is 161 Å². The van der Waals surface area contributed by atoms with Crippen LogP contribution in [0.15, 0.2) is 0 Å². The van der Waals surface area contributed by atoms with Crippen molar-refractivity contribution in [2.24, 2.45) is 23.3 Å². The number of nitrogens with two attached hydrogens (primary N) is 2. The number of aliphatic hydroxyl groups is 1. The molecule has 0 bridgehead atoms. The van der Waals surface area contributed by atoms with Crippen LogP contribution in [0.4, 0.5) is 0 Å². The maximum absolute atomic E-state index is 13.9. The van der Waals surface area contributed by atoms with Gasteiger partial charge in [-0.15, -0.1) is 0 Å². The summed E-state index contributed by atoms with van der Waals surface area (Å²) in [5.74, 6) is -9.76. The number of hydrogen-bond donors (Lipinski definition) is 13. The van der Waals surface area contributed by atoms with Gasteiger partial charge in [-0.2, -0.15) is 0 Å². The zero-order chi connectivity index (χ0) is 50.1. The van der Waals surface area contributed by atoms with E-state index >= 15 is 0 Å². The minimum absolute atomic E-state index is 0.0439. The van der Waals surface area contributed by atoms with Crippen molar-refractivity contribution in [3.63, 3.8) is 0 Å². The molecule has 24 nitrogen and oxygen atoms in total. The lowest BCUT2D eigenvalue weighted by Crippen LogP contribution is -2.60. The Bertz CT molecular complexity index is 1700. The number of carboxylic acids is 1. The molecule has 9 atom stereocenters. The van der Waals surface area contributed by atoms with E-state index in [-0.39, 0.29) is 69.7 Å². The van der Waals surface area contributed by atoms with Gasteiger partial charge in [-0.1, -0.05) is 34.1 Å². The molecule has 66 heavy (non-hydrogen) atoms. The smallest absolute Gasteiger partial charge is 0.303 e. The maximum atomic E-state index is 13.9. The van der Waals surface area contributed by atoms with Gasteiger partial charge >= 0.3 is 5.97 Å². The molecular weight excluding hydrogens is 867 g/mol. The number of aliphatic hydroxyl groups excluding tert-OH is 1. The van der Waals surface area contributed by atoms with Crippen molar-refractivity contribution < 1.29 is 63.0 Å². The molecule has 0 aromatic rings. The number of aliphatic carboxylic acids is 1. The van der Waals surface area contributed by atoms with E-state index in [0.717, 1.165) is 0 Å². The molecule has 1 aliphatic rings. The first-order valence-corrected chi connectivity index (χ1v) is 22.5. The molecule has 1 fully saturated rings. The lowest BCUT2D eigenvalue weighted by atomic mass is 9.97. The van der Waals surface area contributed by atoms with Crippen LogP contribution in [0.25, 0.3) is 0 Å². The van der Waals surface area contributed by atoms with Gasteiger partial charge < -0.3 is 64.2 Å². The minimum atomic E-state index is -1.69. The number of rotatable bonds is 21. The highest BCUT2D eigenvalue weighted by Gasteiger charge is 2.35. The van der Waals surface area contributed by atoms with Crippen LogP contribution in [0.3, 0.4) is 0 Å². The van der Waals surface area contributed by atoms with E-state index in [4.69, 9.17) is 16.6 Å². The van der Waals surface area contributed by atoms with Crippen molar-refractivity contribution in [3.05, 3.63) is 0 Å². The van der Waals surface area contributed by atoms with Crippen molar-refractivity contribution in [3.8, 4) is 0 Å². The summed E-state index contributed by atoms with van der Waals surface area (Å²) in [4.78, 5) is 143. The Morgan fingerprint density at radius 1 is 0.788 bits per heavy atom. The topological polar surface area (TPSA) is 389 Å². The Balaban J connectivity index is 3.54. The van der Waals surface area contributed by atoms with Crippen molar-refractivity contribution >= 4 is 64.9 Å². The Morgan fingerprint density at radius 3 is 2.05 bits per heavy atom. The first-order valence-electron chi connectivity index (χ1n) is 22.5. The summed E-state index contributed by atoms with van der Waals surface area (Å²) in [5, 5.41) is 42.8. The Hall–Kier alpha value is -5.75. The van der Waals surface area contributed by atoms with Gasteiger partial charge in [-0.05, 0) is 83.6 Å². The number of ketones is 1. The van der Waals surface area contributed by atoms with E-state index in [1.807, 2.05) is 0 Å². The second-order valence-corrected chi connectivity index (χ2v) is 16.9. The average molecular weight is 940 g/mol. The van der Waals surface area contributed by atoms with Gasteiger partial charge in [0.05, 0.1) is 25.2 Å². The average Bonchev–Trinajstić information content (AvgIpc) is 3.24. The molecule has 24 heteroatoms. The lowest BCUT2D eigenvalue weighted by molar-refractivity contribution is -0.138. The summed E-state index contributed by atoms with van der Waals surface area (Å²) in [6.07, 6.45) is -1.28. The lowest BCUT2D eigenvalue weighted by Gasteiger charge is -2.28. The van der Waals surface area contributed by atoms with Crippen LogP contribution in [-0.4, -0.2) is 150 Å². The number of carboxylic acid groups (broad SMARTS) is 1. The van der Waals surface area contributed by atoms with E-state index in [1.54, 1.807) is 27.7 Å². The first-order chi connectivity index (χ1) is 31.0. The van der Waals surface area contributed by atoms with Crippen LogP contribution in [-0.2, 0) is 52.7 Å². The monoisotopic (exact) mass is 940 g/mol. The molecule has 1 aliphatic heterocycles. The van der Waals surface area contributed by atoms with Gasteiger partial charge in [0.25, 0.3) is 0 Å². The zero-order valence-corrected chi connectivity index (χ0v) is 38.9. The summed E-state index contributed by atoms with van der Waals surface area (Å²) in [6.45, 7) is 8.93. The predicted molar refractivity (Wildman–Crippen MR) is 238 cm³/mol. The second-order valence-electron chi connectivity index (χ2n) is 16.9. The zero-order valence-electron chi connectivity index (χ0n) is 38.9. The molecule has 0 saturated carbocycles. The van der Waals surface area contributed by atoms with Crippen molar-refractivity contribution in [1.82, 2.24) is 47.9 Å². The molecule has 0 unspecified atom stereocenters. The fourth-order valence-corrected chi connectivity index (χ4v) is 6.73. The predicted octanol–water partition coefficient (Wildman–Crippen LogP) is -3.80. The fourth-order valence-electron chi connectivity index (χ4n) is 6.73. The second kappa shape index (κ2) is 30.5. The van der Waals surface area contributed by atoms with Gasteiger partial charge in [0.15, 0.2) is 0 Å². The van der Waals surface area contributed by atoms with E-state index in [0.29, 0.717) is 25.8 Å². The number of primary amides is 1. The van der Waals surface area contributed by atoms with Gasteiger partial charge in [0.1, 0.15) is 42.0 Å². The summed E-state index contributed by atoms with van der Waals surface area (Å²) in [6, 6.07) is -9.23. The number of amides is 9. The molecule has 0 aromatic heterocycles. The fraction of sp³-hybridized carbons (Fsp3) is 0.738. The Kier molecular flexibility index (Phi) is 26.9. The van der Waals surface area contributed by atoms with E-state index in [2.05, 4.69) is 47.9 Å².